The molecule has 0 spiro atoms. The molecule has 0 saturated heterocycles. The van der Waals surface area contributed by atoms with Gasteiger partial charge >= 0.3 is 12.1 Å². The van der Waals surface area contributed by atoms with Crippen LogP contribution in [0.3, 0.4) is 0 Å². The number of sulfone groups is 1. The number of nitrogens with one attached hydrogen (secondary N) is 1. The highest BCUT2D eigenvalue weighted by atomic mass is 35.5. The van der Waals surface area contributed by atoms with E-state index >= 15 is 0 Å². The maximum absolute atomic E-state index is 13.7. The maximum Gasteiger partial charge on any atom is 0.511 e. The lowest BCUT2D eigenvalue weighted by Crippen LogP contribution is -2.45. The van der Waals surface area contributed by atoms with E-state index in [1.807, 2.05) is 0 Å². The summed E-state index contributed by atoms with van der Waals surface area (Å²) in [5, 5.41) is 12.3. The number of furan rings is 1. The van der Waals surface area contributed by atoms with Crippen molar-refractivity contribution < 1.29 is 51.3 Å². The van der Waals surface area contributed by atoms with Gasteiger partial charge in [0.1, 0.15) is 18.2 Å². The molecular weight excluding hydrogens is 715 g/mol. The van der Waals surface area contributed by atoms with Crippen LogP contribution in [0.25, 0.3) is 11.0 Å². The molecule has 2 atom stereocenters. The number of nitrogens with zero attached hydrogens (tertiary/aromatic N) is 1. The molecule has 1 aliphatic heterocycles. The van der Waals surface area contributed by atoms with E-state index in [1.54, 1.807) is 47.6 Å². The van der Waals surface area contributed by atoms with Gasteiger partial charge in [-0.15, -0.1) is 0 Å². The minimum Gasteiger partial charge on any atom is -0.464 e. The lowest BCUT2D eigenvalue weighted by Gasteiger charge is -2.30. The molecule has 0 radical (unpaired) electrons. The molecule has 2 heterocycles. The van der Waals surface area contributed by atoms with E-state index in [4.69, 9.17) is 42.2 Å². The first-order valence-corrected chi connectivity index (χ1v) is 17.9. The summed E-state index contributed by atoms with van der Waals surface area (Å²) in [5.41, 5.74) is 2.53. The Bertz CT molecular complexity index is 2070. The van der Waals surface area contributed by atoms with Crippen LogP contribution >= 0.6 is 23.2 Å². The smallest absolute Gasteiger partial charge is 0.464 e. The summed E-state index contributed by atoms with van der Waals surface area (Å²) < 4.78 is 44.5. The van der Waals surface area contributed by atoms with E-state index in [9.17, 15) is 27.6 Å². The van der Waals surface area contributed by atoms with Crippen LogP contribution in [0.15, 0.2) is 70.2 Å². The summed E-state index contributed by atoms with van der Waals surface area (Å²) in [4.78, 5) is 53.8. The lowest BCUT2D eigenvalue weighted by atomic mass is 9.95. The lowest BCUT2D eigenvalue weighted by molar-refractivity contribution is -0.170. The largest absolute Gasteiger partial charge is 0.511 e. The van der Waals surface area contributed by atoms with Crippen molar-refractivity contribution in [2.75, 3.05) is 26.0 Å². The van der Waals surface area contributed by atoms with Crippen molar-refractivity contribution >= 4 is 67.9 Å². The Morgan fingerprint density at radius 3 is 2.58 bits per heavy atom. The van der Waals surface area contributed by atoms with Crippen LogP contribution in [-0.2, 0) is 48.2 Å². The van der Waals surface area contributed by atoms with Gasteiger partial charge in [0.2, 0.25) is 6.29 Å². The minimum atomic E-state index is -3.60. The summed E-state index contributed by atoms with van der Waals surface area (Å²) in [5.74, 6) is -2.08. The highest BCUT2D eigenvalue weighted by Crippen LogP contribution is 2.35. The fourth-order valence-corrected chi connectivity index (χ4v) is 6.89. The van der Waals surface area contributed by atoms with Gasteiger partial charge in [-0.25, -0.2) is 18.0 Å². The third-order valence-electron chi connectivity index (χ3n) is 7.83. The van der Waals surface area contributed by atoms with E-state index in [0.717, 1.165) is 11.6 Å². The quantitative estimate of drug-likeness (QED) is 0.160. The zero-order valence-corrected chi connectivity index (χ0v) is 29.1. The second-order valence-electron chi connectivity index (χ2n) is 11.4. The molecule has 0 aliphatic carbocycles. The first-order chi connectivity index (χ1) is 23.7. The van der Waals surface area contributed by atoms with Crippen molar-refractivity contribution in [1.82, 2.24) is 10.2 Å². The molecule has 3 aromatic carbocycles. The predicted molar refractivity (Wildman–Crippen MR) is 181 cm³/mol. The van der Waals surface area contributed by atoms with Crippen LogP contribution < -0.4 is 5.32 Å². The van der Waals surface area contributed by atoms with Gasteiger partial charge in [0.25, 0.3) is 11.8 Å². The van der Waals surface area contributed by atoms with Crippen molar-refractivity contribution in [3.8, 4) is 0 Å². The maximum atomic E-state index is 13.7. The van der Waals surface area contributed by atoms with Crippen LogP contribution in [0, 0.1) is 0 Å². The number of amides is 2. The third kappa shape index (κ3) is 8.56. The fourth-order valence-electron chi connectivity index (χ4n) is 5.43. The average molecular weight is 748 g/mol. The Balaban J connectivity index is 1.36. The molecule has 0 saturated carbocycles. The SMILES string of the molecule is CC(OC(=O)OCCO)OC(=O)[C@H](Cc1cccc(S(C)(=O)=O)c1)NC(=O)c1c(Cl)cc2c(c1Cl)CCN(C(=O)c1ccc3ccoc3c1)C2. The standard InChI is InChI=1S/C34H32Cl2N2O11S/c1-19(49-34(43)47-13-11-39)48-33(42)27(15-20-4-3-5-24(14-20)50(2,44)45)37-31(40)29-26(35)16-23-18-38(10-8-25(23)30(29)36)32(41)22-7-6-21-9-12-46-28(21)17-22/h3-7,9,12,14,16-17,19,27,39H,8,10-11,13,15,18H2,1-2H3,(H,37,40)/t19?,27-/m0/s1. The molecule has 16 heteroatoms. The molecule has 5 rings (SSSR count). The third-order valence-corrected chi connectivity index (χ3v) is 9.66. The van der Waals surface area contributed by atoms with E-state index in [0.29, 0.717) is 40.8 Å². The van der Waals surface area contributed by atoms with Gasteiger partial charge in [0, 0.05) is 43.6 Å². The second kappa shape index (κ2) is 15.5. The van der Waals surface area contributed by atoms with Crippen molar-refractivity contribution in [3.63, 3.8) is 0 Å². The average Bonchev–Trinajstić information content (AvgIpc) is 3.54. The Kier molecular flexibility index (Phi) is 11.4. The van der Waals surface area contributed by atoms with Gasteiger partial charge in [0.05, 0.1) is 33.4 Å². The molecule has 0 fully saturated rings. The van der Waals surface area contributed by atoms with Gasteiger partial charge < -0.3 is 34.0 Å². The number of aliphatic hydroxyl groups is 1. The highest BCUT2D eigenvalue weighted by molar-refractivity contribution is 7.90. The van der Waals surface area contributed by atoms with Crippen LogP contribution in [0.2, 0.25) is 10.0 Å². The zero-order chi connectivity index (χ0) is 36.2. The van der Waals surface area contributed by atoms with Gasteiger partial charge in [-0.05, 0) is 59.5 Å². The number of rotatable bonds is 11. The number of carbonyl (C=O) groups is 4. The second-order valence-corrected chi connectivity index (χ2v) is 14.2. The highest BCUT2D eigenvalue weighted by Gasteiger charge is 2.31. The zero-order valence-electron chi connectivity index (χ0n) is 26.8. The number of hydrogen-bond donors (Lipinski definition) is 2. The Morgan fingerprint density at radius 2 is 1.84 bits per heavy atom. The first-order valence-electron chi connectivity index (χ1n) is 15.3. The summed E-state index contributed by atoms with van der Waals surface area (Å²) in [7, 11) is -3.60. The minimum absolute atomic E-state index is 0.00779. The Morgan fingerprint density at radius 1 is 1.06 bits per heavy atom. The number of halogens is 2. The number of benzene rings is 3. The number of ether oxygens (including phenoxy) is 3. The van der Waals surface area contributed by atoms with E-state index < -0.39 is 46.8 Å². The van der Waals surface area contributed by atoms with Crippen LogP contribution in [-0.4, -0.2) is 80.7 Å². The number of fused-ring (bicyclic) bond motifs is 2. The van der Waals surface area contributed by atoms with Crippen molar-refractivity contribution in [1.29, 1.82) is 0 Å². The first kappa shape index (κ1) is 36.6. The molecular formula is C34H32Cl2N2O11S. The summed E-state index contributed by atoms with van der Waals surface area (Å²) in [6.45, 7) is 0.928. The molecule has 264 valence electrons. The predicted octanol–water partition coefficient (Wildman–Crippen LogP) is 4.72. The number of aliphatic hydroxyl groups excluding tert-OH is 1. The molecule has 13 nitrogen and oxygen atoms in total. The van der Waals surface area contributed by atoms with Crippen LogP contribution in [0.1, 0.15) is 44.3 Å². The molecule has 2 amide bonds. The molecule has 0 bridgehead atoms. The van der Waals surface area contributed by atoms with Gasteiger partial charge in [-0.3, -0.25) is 9.59 Å². The summed E-state index contributed by atoms with van der Waals surface area (Å²) in [6.07, 6.45) is 0.000857. The van der Waals surface area contributed by atoms with E-state index in [1.165, 1.54) is 25.1 Å². The van der Waals surface area contributed by atoms with Gasteiger partial charge in [-0.2, -0.15) is 0 Å². The summed E-state index contributed by atoms with van der Waals surface area (Å²) in [6, 6.07) is 12.9. The molecule has 50 heavy (non-hydrogen) atoms. The van der Waals surface area contributed by atoms with E-state index in [-0.39, 0.29) is 46.0 Å². The fraction of sp³-hybridized carbons (Fsp3) is 0.294. The Hall–Kier alpha value is -4.63. The van der Waals surface area contributed by atoms with Crippen molar-refractivity contribution in [3.05, 3.63) is 98.7 Å². The van der Waals surface area contributed by atoms with Gasteiger partial charge in [-0.1, -0.05) is 41.4 Å². The van der Waals surface area contributed by atoms with Gasteiger partial charge in [0.15, 0.2) is 9.84 Å². The topological polar surface area (TPSA) is 179 Å². The summed E-state index contributed by atoms with van der Waals surface area (Å²) >= 11 is 13.4. The normalized spacial score (nSPS) is 14.0. The van der Waals surface area contributed by atoms with E-state index in [2.05, 4.69) is 10.1 Å². The molecule has 4 aromatic rings. The number of hydrogen-bond acceptors (Lipinski definition) is 11. The molecule has 2 N–H and O–H groups in total. The van der Waals surface area contributed by atoms with Crippen LogP contribution in [0.4, 0.5) is 4.79 Å². The van der Waals surface area contributed by atoms with Crippen molar-refractivity contribution in [2.24, 2.45) is 0 Å². The molecule has 1 aromatic heterocycles. The van der Waals surface area contributed by atoms with Crippen molar-refractivity contribution in [2.45, 2.75) is 43.5 Å². The number of esters is 1. The molecule has 1 aliphatic rings. The number of carbonyl (C=O) groups excluding carboxylic acids is 4. The molecule has 1 unspecified atom stereocenters. The van der Waals surface area contributed by atoms with Crippen LogP contribution in [0.5, 0.6) is 0 Å². The Labute approximate surface area is 296 Å². The monoisotopic (exact) mass is 746 g/mol.